The summed E-state index contributed by atoms with van der Waals surface area (Å²) in [6, 6.07) is 8.63. The number of para-hydroxylation sites is 1. The van der Waals surface area contributed by atoms with Gasteiger partial charge in [-0.15, -0.1) is 0 Å². The summed E-state index contributed by atoms with van der Waals surface area (Å²) in [5, 5.41) is 0. The first kappa shape index (κ1) is 11.2. The van der Waals surface area contributed by atoms with Crippen LogP contribution in [0.3, 0.4) is 0 Å². The van der Waals surface area contributed by atoms with E-state index in [4.69, 9.17) is 0 Å². The molecule has 1 atom stereocenters. The Hall–Kier alpha value is -0.320. The fourth-order valence-corrected chi connectivity index (χ4v) is 4.12. The Morgan fingerprint density at radius 3 is 2.93 bits per heavy atom. The maximum atomic E-state index is 3.34. The Kier molecular flexibility index (Phi) is 3.83. The summed E-state index contributed by atoms with van der Waals surface area (Å²) in [6.45, 7) is 6.42. The van der Waals surface area contributed by atoms with E-state index in [-0.39, 0.29) is 0 Å². The van der Waals surface area contributed by atoms with E-state index in [2.05, 4.69) is 47.7 Å². The van der Waals surface area contributed by atoms with Gasteiger partial charge in [-0.1, -0.05) is 30.8 Å². The van der Waals surface area contributed by atoms with Crippen LogP contribution >= 0.6 is 23.7 Å². The summed E-state index contributed by atoms with van der Waals surface area (Å²) in [5.41, 5.74) is 1.38. The Balaban J connectivity index is 2.13. The molecule has 0 aliphatic carbocycles. The van der Waals surface area contributed by atoms with Crippen LogP contribution in [0.2, 0.25) is 0 Å². The van der Waals surface area contributed by atoms with Gasteiger partial charge in [0, 0.05) is 18.0 Å². The van der Waals surface area contributed by atoms with E-state index in [1.807, 2.05) is 23.7 Å². The highest BCUT2D eigenvalue weighted by Gasteiger charge is 2.28. The van der Waals surface area contributed by atoms with E-state index in [9.17, 15) is 0 Å². The Labute approximate surface area is 99.9 Å². The van der Waals surface area contributed by atoms with Crippen molar-refractivity contribution in [3.05, 3.63) is 24.3 Å². The third-order valence-corrected chi connectivity index (χ3v) is 4.87. The van der Waals surface area contributed by atoms with Crippen LogP contribution in [-0.4, -0.2) is 17.8 Å². The molecule has 1 N–H and O–H groups in total. The number of nitrogens with zero attached hydrogens (tertiary/aromatic N) is 1. The maximum absolute atomic E-state index is 3.34. The van der Waals surface area contributed by atoms with Gasteiger partial charge in [0.25, 0.3) is 0 Å². The number of benzene rings is 1. The Morgan fingerprint density at radius 1 is 1.40 bits per heavy atom. The number of thioether (sulfide) groups is 1. The van der Waals surface area contributed by atoms with Crippen LogP contribution in [0.4, 0.5) is 5.69 Å². The van der Waals surface area contributed by atoms with E-state index in [0.29, 0.717) is 4.71 Å². The lowest BCUT2D eigenvalue weighted by Gasteiger charge is -2.24. The molecular weight excluding hydrogens is 224 g/mol. The molecule has 2 nitrogen and oxygen atoms in total. The summed E-state index contributed by atoms with van der Waals surface area (Å²) in [4.78, 5) is 3.84. The molecule has 1 aromatic carbocycles. The minimum Gasteiger partial charge on any atom is -0.349 e. The largest absolute Gasteiger partial charge is 0.349 e. The first-order chi connectivity index (χ1) is 7.36. The molecule has 15 heavy (non-hydrogen) atoms. The highest BCUT2D eigenvalue weighted by Crippen LogP contribution is 2.46. The maximum Gasteiger partial charge on any atom is 0.141 e. The molecule has 0 aromatic heterocycles. The second-order valence-electron chi connectivity index (χ2n) is 3.29. The molecule has 4 heteroatoms. The van der Waals surface area contributed by atoms with Crippen LogP contribution in [0.5, 0.6) is 0 Å². The smallest absolute Gasteiger partial charge is 0.141 e. The van der Waals surface area contributed by atoms with E-state index in [0.717, 1.165) is 13.1 Å². The number of hydrogen-bond donors (Lipinski definition) is 1. The van der Waals surface area contributed by atoms with Crippen molar-refractivity contribution < 1.29 is 0 Å². The van der Waals surface area contributed by atoms with Crippen molar-refractivity contribution in [3.8, 4) is 0 Å². The molecule has 1 aliphatic rings. The molecule has 82 valence electrons. The van der Waals surface area contributed by atoms with Crippen molar-refractivity contribution in [2.45, 2.75) is 23.4 Å². The average molecular weight is 240 g/mol. The summed E-state index contributed by atoms with van der Waals surface area (Å²) < 4.78 is 3.82. The predicted molar refractivity (Wildman–Crippen MR) is 70.4 cm³/mol. The average Bonchev–Trinajstić information content (AvgIpc) is 2.63. The molecule has 1 aromatic rings. The molecule has 0 fully saturated rings. The number of hydrogen-bond acceptors (Lipinski definition) is 4. The monoisotopic (exact) mass is 240 g/mol. The van der Waals surface area contributed by atoms with Gasteiger partial charge in [0.1, 0.15) is 4.71 Å². The second kappa shape index (κ2) is 5.14. The minimum atomic E-state index is 0.479. The van der Waals surface area contributed by atoms with Gasteiger partial charge in [0.2, 0.25) is 0 Å². The fraction of sp³-hybridized carbons (Fsp3) is 0.455. The van der Waals surface area contributed by atoms with Gasteiger partial charge in [-0.3, -0.25) is 4.72 Å². The zero-order valence-corrected chi connectivity index (χ0v) is 10.7. The zero-order chi connectivity index (χ0) is 10.7. The number of anilines is 1. The Bertz CT molecular complexity index is 330. The number of rotatable bonds is 4. The lowest BCUT2D eigenvalue weighted by Crippen LogP contribution is -2.28. The lowest BCUT2D eigenvalue weighted by molar-refractivity contribution is 0.914. The van der Waals surface area contributed by atoms with Gasteiger partial charge in [-0.05, 0) is 31.0 Å². The van der Waals surface area contributed by atoms with Crippen molar-refractivity contribution >= 4 is 29.4 Å². The predicted octanol–water partition coefficient (Wildman–Crippen LogP) is 3.16. The van der Waals surface area contributed by atoms with Gasteiger partial charge in [-0.25, -0.2) is 0 Å². The van der Waals surface area contributed by atoms with Crippen molar-refractivity contribution in [1.82, 2.24) is 4.72 Å². The molecule has 1 aliphatic heterocycles. The lowest BCUT2D eigenvalue weighted by atomic mass is 10.3. The van der Waals surface area contributed by atoms with Gasteiger partial charge >= 0.3 is 0 Å². The SMILES string of the molecule is CCNSC1Sc2ccccc2N1CC. The highest BCUT2D eigenvalue weighted by molar-refractivity contribution is 8.16. The third-order valence-electron chi connectivity index (χ3n) is 2.33. The van der Waals surface area contributed by atoms with Crippen molar-refractivity contribution in [1.29, 1.82) is 0 Å². The Morgan fingerprint density at radius 2 is 2.20 bits per heavy atom. The van der Waals surface area contributed by atoms with Crippen LogP contribution in [0.1, 0.15) is 13.8 Å². The van der Waals surface area contributed by atoms with Crippen LogP contribution in [0.15, 0.2) is 29.2 Å². The summed E-state index contributed by atoms with van der Waals surface area (Å²) in [6.07, 6.45) is 0. The molecule has 0 saturated carbocycles. The molecule has 1 unspecified atom stereocenters. The van der Waals surface area contributed by atoms with Crippen LogP contribution < -0.4 is 9.62 Å². The van der Waals surface area contributed by atoms with Crippen molar-refractivity contribution in [2.75, 3.05) is 18.0 Å². The van der Waals surface area contributed by atoms with Gasteiger partial charge < -0.3 is 4.90 Å². The highest BCUT2D eigenvalue weighted by atomic mass is 32.2. The van der Waals surface area contributed by atoms with Crippen LogP contribution in [0, 0.1) is 0 Å². The van der Waals surface area contributed by atoms with E-state index in [1.165, 1.54) is 10.6 Å². The summed E-state index contributed by atoms with van der Waals surface area (Å²) in [7, 11) is 0. The molecule has 1 heterocycles. The summed E-state index contributed by atoms with van der Waals surface area (Å²) >= 11 is 3.75. The first-order valence-corrected chi connectivity index (χ1v) is 7.03. The fourth-order valence-electron chi connectivity index (χ4n) is 1.64. The molecule has 0 spiro atoms. The van der Waals surface area contributed by atoms with Crippen molar-refractivity contribution in [2.24, 2.45) is 0 Å². The molecule has 0 radical (unpaired) electrons. The molecule has 0 saturated heterocycles. The topological polar surface area (TPSA) is 15.3 Å². The van der Waals surface area contributed by atoms with Gasteiger partial charge in [0.15, 0.2) is 0 Å². The van der Waals surface area contributed by atoms with Gasteiger partial charge in [-0.2, -0.15) is 0 Å². The number of fused-ring (bicyclic) bond motifs is 1. The molecule has 2 rings (SSSR count). The van der Waals surface area contributed by atoms with E-state index < -0.39 is 0 Å². The standard InChI is InChI=1S/C11H16N2S2/c1-3-12-15-11-13(4-2)9-7-5-6-8-10(9)14-11/h5-8,11-12H,3-4H2,1-2H3. The van der Waals surface area contributed by atoms with Crippen LogP contribution in [-0.2, 0) is 0 Å². The zero-order valence-electron chi connectivity index (χ0n) is 9.06. The number of nitrogens with one attached hydrogen (secondary N) is 1. The second-order valence-corrected chi connectivity index (χ2v) is 5.69. The minimum absolute atomic E-state index is 0.479. The van der Waals surface area contributed by atoms with Crippen LogP contribution in [0.25, 0.3) is 0 Å². The molecule has 0 amide bonds. The van der Waals surface area contributed by atoms with Gasteiger partial charge in [0.05, 0.1) is 5.69 Å². The first-order valence-electron chi connectivity index (χ1n) is 5.27. The molecular formula is C11H16N2S2. The van der Waals surface area contributed by atoms with Crippen molar-refractivity contribution in [3.63, 3.8) is 0 Å². The molecule has 0 bridgehead atoms. The summed E-state index contributed by atoms with van der Waals surface area (Å²) in [5.74, 6) is 0. The quantitative estimate of drug-likeness (QED) is 0.813. The van der Waals surface area contributed by atoms with E-state index in [1.54, 1.807) is 0 Å². The normalized spacial score (nSPS) is 19.3. The van der Waals surface area contributed by atoms with E-state index >= 15 is 0 Å². The third kappa shape index (κ3) is 2.27.